The second-order valence-corrected chi connectivity index (χ2v) is 8.93. The Morgan fingerprint density at radius 3 is 2.58 bits per heavy atom. The minimum atomic E-state index is -0.792. The molecule has 0 atom stereocenters. The summed E-state index contributed by atoms with van der Waals surface area (Å²) in [5.41, 5.74) is 5.64. The van der Waals surface area contributed by atoms with Gasteiger partial charge in [-0.3, -0.25) is 4.79 Å². The average molecular weight is 489 g/mol. The van der Waals surface area contributed by atoms with Gasteiger partial charge in [-0.25, -0.2) is 4.79 Å². The van der Waals surface area contributed by atoms with Gasteiger partial charge in [-0.15, -0.1) is 5.73 Å². The van der Waals surface area contributed by atoms with Gasteiger partial charge in [-0.2, -0.15) is 0 Å². The molecule has 31 heavy (non-hydrogen) atoms. The third-order valence-electron chi connectivity index (χ3n) is 6.12. The van der Waals surface area contributed by atoms with Crippen molar-refractivity contribution in [2.24, 2.45) is 5.41 Å². The van der Waals surface area contributed by atoms with E-state index in [0.717, 1.165) is 40.4 Å². The highest BCUT2D eigenvalue weighted by atomic mass is 79.9. The van der Waals surface area contributed by atoms with E-state index < -0.39 is 11.6 Å². The van der Waals surface area contributed by atoms with E-state index in [9.17, 15) is 9.59 Å². The molecule has 5 nitrogen and oxygen atoms in total. The summed E-state index contributed by atoms with van der Waals surface area (Å²) in [6, 6.07) is 3.99. The number of ether oxygens (including phenoxy) is 3. The lowest BCUT2D eigenvalue weighted by atomic mass is 9.70. The summed E-state index contributed by atoms with van der Waals surface area (Å²) >= 11 is 3.56. The molecule has 1 spiro atoms. The second-order valence-electron chi connectivity index (χ2n) is 8.01. The number of halogens is 1. The lowest BCUT2D eigenvalue weighted by molar-refractivity contribution is -0.109. The first kappa shape index (κ1) is 23.5. The largest absolute Gasteiger partial charge is 0.513 e. The molecule has 0 amide bonds. The molecule has 0 aromatic heterocycles. The van der Waals surface area contributed by atoms with Gasteiger partial charge in [0.2, 0.25) is 0 Å². The molecule has 2 aliphatic rings. The van der Waals surface area contributed by atoms with Crippen LogP contribution in [0.25, 0.3) is 5.57 Å². The summed E-state index contributed by atoms with van der Waals surface area (Å²) in [5, 5.41) is 0. The molecule has 0 heterocycles. The predicted octanol–water partition coefficient (Wildman–Crippen LogP) is 6.07. The van der Waals surface area contributed by atoms with Crippen LogP contribution in [0, 0.1) is 12.3 Å². The van der Waals surface area contributed by atoms with Crippen LogP contribution < -0.4 is 0 Å². The van der Waals surface area contributed by atoms with Gasteiger partial charge >= 0.3 is 6.16 Å². The van der Waals surface area contributed by atoms with Crippen molar-refractivity contribution < 1.29 is 23.8 Å². The van der Waals surface area contributed by atoms with Crippen molar-refractivity contribution in [1.82, 2.24) is 0 Å². The number of hydrogen-bond acceptors (Lipinski definition) is 5. The molecule has 0 saturated heterocycles. The van der Waals surface area contributed by atoms with Crippen LogP contribution in [0.4, 0.5) is 4.79 Å². The number of carbonyl (C=O) groups excluding carboxylic acids is 2. The van der Waals surface area contributed by atoms with Crippen LogP contribution >= 0.6 is 15.9 Å². The predicted molar refractivity (Wildman–Crippen MR) is 123 cm³/mol. The Morgan fingerprint density at radius 2 is 1.97 bits per heavy atom. The van der Waals surface area contributed by atoms with Crippen molar-refractivity contribution >= 4 is 33.4 Å². The number of ketones is 1. The fourth-order valence-electron chi connectivity index (χ4n) is 4.56. The fourth-order valence-corrected chi connectivity index (χ4v) is 5.18. The first-order chi connectivity index (χ1) is 14.8. The van der Waals surface area contributed by atoms with Crippen LogP contribution in [0.2, 0.25) is 0 Å². The first-order valence-corrected chi connectivity index (χ1v) is 11.5. The van der Waals surface area contributed by atoms with Crippen LogP contribution in [0.15, 0.2) is 40.2 Å². The van der Waals surface area contributed by atoms with Crippen molar-refractivity contribution in [3.63, 3.8) is 0 Å². The summed E-state index contributed by atoms with van der Waals surface area (Å²) in [5.74, 6) is 0.147. The van der Waals surface area contributed by atoms with Crippen molar-refractivity contribution in [3.8, 4) is 0 Å². The number of aryl methyl sites for hydroxylation is 2. The molecule has 3 rings (SSSR count). The number of rotatable bonds is 5. The molecule has 0 aliphatic heterocycles. The SMILES string of the molecule is CCOC(=O)OC1=C(c2c(C)cc(Br)cc2CC)C(=O)C=C=CC12CCC(OC)CC2. The van der Waals surface area contributed by atoms with Gasteiger partial charge in [0.25, 0.3) is 0 Å². The highest BCUT2D eigenvalue weighted by Crippen LogP contribution is 2.49. The van der Waals surface area contributed by atoms with E-state index in [1.807, 2.05) is 32.1 Å². The molecule has 1 aromatic carbocycles. The summed E-state index contributed by atoms with van der Waals surface area (Å²) in [4.78, 5) is 25.8. The Balaban J connectivity index is 2.27. The normalized spacial score (nSPS) is 23.3. The van der Waals surface area contributed by atoms with Crippen molar-refractivity contribution in [2.45, 2.75) is 59.0 Å². The minimum absolute atomic E-state index is 0.148. The lowest BCUT2D eigenvalue weighted by Gasteiger charge is -2.38. The van der Waals surface area contributed by atoms with Crippen LogP contribution in [-0.4, -0.2) is 31.8 Å². The number of benzene rings is 1. The van der Waals surface area contributed by atoms with E-state index in [-0.39, 0.29) is 18.5 Å². The van der Waals surface area contributed by atoms with Gasteiger partial charge in [0.15, 0.2) is 5.78 Å². The number of allylic oxidation sites excluding steroid dienone is 2. The summed E-state index contributed by atoms with van der Waals surface area (Å²) < 4.78 is 17.5. The van der Waals surface area contributed by atoms with E-state index >= 15 is 0 Å². The zero-order valence-corrected chi connectivity index (χ0v) is 20.1. The minimum Gasteiger partial charge on any atom is -0.434 e. The molecular formula is C25H29BrO5. The summed E-state index contributed by atoms with van der Waals surface area (Å²) in [7, 11) is 1.71. The van der Waals surface area contributed by atoms with Gasteiger partial charge in [-0.1, -0.05) is 22.9 Å². The smallest absolute Gasteiger partial charge is 0.434 e. The quantitative estimate of drug-likeness (QED) is 0.371. The third-order valence-corrected chi connectivity index (χ3v) is 6.58. The van der Waals surface area contributed by atoms with Crippen molar-refractivity contribution in [1.29, 1.82) is 0 Å². The van der Waals surface area contributed by atoms with E-state index in [2.05, 4.69) is 21.7 Å². The zero-order chi connectivity index (χ0) is 22.6. The monoisotopic (exact) mass is 488 g/mol. The molecule has 0 N–H and O–H groups in total. The standard InChI is InChI=1S/C25H29BrO5/c1-5-17-15-18(26)14-16(3)21(17)22-20(27)8-7-11-25(12-9-19(29-4)10-13-25)23(22)31-24(28)30-6-2/h8,11,14-15,19H,5-6,9-10,12-13H2,1-4H3. The molecule has 0 radical (unpaired) electrons. The Hall–Kier alpha value is -2.14. The highest BCUT2D eigenvalue weighted by Gasteiger charge is 2.43. The molecule has 1 fully saturated rings. The van der Waals surface area contributed by atoms with Gasteiger partial charge in [-0.05, 0) is 80.9 Å². The molecule has 166 valence electrons. The van der Waals surface area contributed by atoms with E-state index in [0.29, 0.717) is 24.2 Å². The number of methoxy groups -OCH3 is 1. The molecule has 1 saturated carbocycles. The lowest BCUT2D eigenvalue weighted by Crippen LogP contribution is -2.33. The first-order valence-electron chi connectivity index (χ1n) is 10.7. The summed E-state index contributed by atoms with van der Waals surface area (Å²) in [6.45, 7) is 5.94. The molecule has 2 aliphatic carbocycles. The van der Waals surface area contributed by atoms with Gasteiger partial charge < -0.3 is 14.2 Å². The van der Waals surface area contributed by atoms with Gasteiger partial charge in [0, 0.05) is 17.7 Å². The van der Waals surface area contributed by atoms with E-state index in [1.54, 1.807) is 14.0 Å². The van der Waals surface area contributed by atoms with E-state index in [1.165, 1.54) is 6.08 Å². The molecular weight excluding hydrogens is 460 g/mol. The fraction of sp³-hybridized carbons (Fsp3) is 0.480. The third kappa shape index (κ3) is 4.87. The topological polar surface area (TPSA) is 61.8 Å². The maximum Gasteiger partial charge on any atom is 0.513 e. The number of hydrogen-bond donors (Lipinski definition) is 0. The maximum atomic E-state index is 13.4. The van der Waals surface area contributed by atoms with Crippen LogP contribution in [0.5, 0.6) is 0 Å². The Labute approximate surface area is 192 Å². The Kier molecular flexibility index (Phi) is 7.58. The summed E-state index contributed by atoms with van der Waals surface area (Å²) in [6.07, 6.45) is 6.39. The molecule has 0 unspecified atom stereocenters. The molecule has 6 heteroatoms. The second kappa shape index (κ2) is 9.99. The van der Waals surface area contributed by atoms with Crippen molar-refractivity contribution in [2.75, 3.05) is 13.7 Å². The highest BCUT2D eigenvalue weighted by molar-refractivity contribution is 9.10. The van der Waals surface area contributed by atoms with Gasteiger partial charge in [0.05, 0.1) is 23.7 Å². The Morgan fingerprint density at radius 1 is 1.26 bits per heavy atom. The maximum absolute atomic E-state index is 13.4. The average Bonchev–Trinajstić information content (AvgIpc) is 2.86. The van der Waals surface area contributed by atoms with Crippen LogP contribution in [0.1, 0.15) is 56.2 Å². The Bertz CT molecular complexity index is 960. The van der Waals surface area contributed by atoms with E-state index in [4.69, 9.17) is 14.2 Å². The van der Waals surface area contributed by atoms with Crippen molar-refractivity contribution in [3.05, 3.63) is 56.9 Å². The molecule has 1 aromatic rings. The van der Waals surface area contributed by atoms with Gasteiger partial charge in [0.1, 0.15) is 5.76 Å². The number of carbonyl (C=O) groups is 2. The van der Waals surface area contributed by atoms with Crippen LogP contribution in [-0.2, 0) is 25.4 Å². The van der Waals surface area contributed by atoms with Crippen LogP contribution in [0.3, 0.4) is 0 Å². The zero-order valence-electron chi connectivity index (χ0n) is 18.5. The molecule has 0 bridgehead atoms.